The molecule has 0 radical (unpaired) electrons. The van der Waals surface area contributed by atoms with E-state index in [1.807, 2.05) is 0 Å². The molecule has 1 aromatic rings. The lowest BCUT2D eigenvalue weighted by Crippen LogP contribution is -2.44. The Labute approximate surface area is 104 Å². The number of hydrogen-bond donors (Lipinski definition) is 1. The largest absolute Gasteiger partial charge is 0.306 e. The Bertz CT molecular complexity index is 372. The molecule has 0 spiro atoms. The summed E-state index contributed by atoms with van der Waals surface area (Å²) < 4.78 is 0. The van der Waals surface area contributed by atoms with Crippen LogP contribution in [0.5, 0.6) is 0 Å². The molecule has 90 valence electrons. The van der Waals surface area contributed by atoms with Crippen molar-refractivity contribution < 1.29 is 0 Å². The average Bonchev–Trinajstić information content (AvgIpc) is 2.41. The highest BCUT2D eigenvalue weighted by molar-refractivity contribution is 5.25. The van der Waals surface area contributed by atoms with Crippen LogP contribution in [0.3, 0.4) is 0 Å². The molecule has 2 heteroatoms. The fraction of sp³-hybridized carbons (Fsp3) is 0.533. The van der Waals surface area contributed by atoms with Crippen molar-refractivity contribution in [2.45, 2.75) is 44.1 Å². The fourth-order valence-corrected chi connectivity index (χ4v) is 2.84. The molecule has 17 heavy (non-hydrogen) atoms. The van der Waals surface area contributed by atoms with Gasteiger partial charge in [-0.05, 0) is 18.4 Å². The van der Waals surface area contributed by atoms with E-state index in [9.17, 15) is 0 Å². The van der Waals surface area contributed by atoms with Crippen molar-refractivity contribution in [3.8, 4) is 6.07 Å². The first kappa shape index (κ1) is 12.1. The standard InChI is InChI=1S/C15H20N2/c16-12-7-13-17-15(10-5-2-6-11-15)14-8-3-1-4-9-14/h1,3-4,8-9,17H,2,5-7,10-11,13H2. The summed E-state index contributed by atoms with van der Waals surface area (Å²) in [5.41, 5.74) is 1.51. The van der Waals surface area contributed by atoms with Crippen LogP contribution in [-0.4, -0.2) is 6.54 Å². The first-order chi connectivity index (χ1) is 8.37. The summed E-state index contributed by atoms with van der Waals surface area (Å²) in [5.74, 6) is 0. The number of nitrogens with one attached hydrogen (secondary N) is 1. The van der Waals surface area contributed by atoms with Crippen molar-refractivity contribution in [3.63, 3.8) is 0 Å². The van der Waals surface area contributed by atoms with E-state index in [2.05, 4.69) is 41.7 Å². The van der Waals surface area contributed by atoms with E-state index in [-0.39, 0.29) is 5.54 Å². The molecule has 1 fully saturated rings. The predicted octanol–water partition coefficient (Wildman–Crippen LogP) is 3.35. The summed E-state index contributed by atoms with van der Waals surface area (Å²) in [6, 6.07) is 12.9. The molecule has 0 atom stereocenters. The predicted molar refractivity (Wildman–Crippen MR) is 69.4 cm³/mol. The molecule has 2 nitrogen and oxygen atoms in total. The minimum atomic E-state index is 0.121. The van der Waals surface area contributed by atoms with Crippen LogP contribution in [0.4, 0.5) is 0 Å². The molecule has 0 aliphatic heterocycles. The molecule has 1 saturated carbocycles. The SMILES string of the molecule is N#CCCNC1(c2ccccc2)CCCCC1. The molecule has 1 aliphatic rings. The normalized spacial score (nSPS) is 18.5. The van der Waals surface area contributed by atoms with Crippen LogP contribution in [0.1, 0.15) is 44.1 Å². The van der Waals surface area contributed by atoms with Gasteiger partial charge in [0, 0.05) is 18.5 Å². The lowest BCUT2D eigenvalue weighted by molar-refractivity contribution is 0.236. The second kappa shape index (κ2) is 5.84. The molecular formula is C15H20N2. The number of rotatable bonds is 4. The Hall–Kier alpha value is -1.33. The van der Waals surface area contributed by atoms with Crippen LogP contribution in [-0.2, 0) is 5.54 Å². The minimum Gasteiger partial charge on any atom is -0.306 e. The van der Waals surface area contributed by atoms with Crippen molar-refractivity contribution >= 4 is 0 Å². The Morgan fingerprint density at radius 2 is 1.82 bits per heavy atom. The van der Waals surface area contributed by atoms with Crippen LogP contribution >= 0.6 is 0 Å². The number of nitriles is 1. The third kappa shape index (κ3) is 2.87. The van der Waals surface area contributed by atoms with E-state index in [0.717, 1.165) is 6.54 Å². The Morgan fingerprint density at radius 1 is 1.12 bits per heavy atom. The zero-order chi connectivity index (χ0) is 12.0. The Kier molecular flexibility index (Phi) is 4.17. The summed E-state index contributed by atoms with van der Waals surface area (Å²) >= 11 is 0. The molecule has 0 amide bonds. The summed E-state index contributed by atoms with van der Waals surface area (Å²) in [7, 11) is 0. The molecule has 2 rings (SSSR count). The average molecular weight is 228 g/mol. The Balaban J connectivity index is 2.15. The zero-order valence-corrected chi connectivity index (χ0v) is 10.3. The first-order valence-electron chi connectivity index (χ1n) is 6.55. The summed E-state index contributed by atoms with van der Waals surface area (Å²) in [6.07, 6.45) is 6.90. The Morgan fingerprint density at radius 3 is 2.47 bits per heavy atom. The van der Waals surface area contributed by atoms with E-state index in [1.54, 1.807) is 0 Å². The van der Waals surface area contributed by atoms with Crippen LogP contribution < -0.4 is 5.32 Å². The highest BCUT2D eigenvalue weighted by Gasteiger charge is 2.32. The van der Waals surface area contributed by atoms with E-state index >= 15 is 0 Å². The van der Waals surface area contributed by atoms with Crippen molar-refractivity contribution in [3.05, 3.63) is 35.9 Å². The maximum atomic E-state index is 8.66. The zero-order valence-electron chi connectivity index (χ0n) is 10.3. The van der Waals surface area contributed by atoms with Crippen LogP contribution in [0.15, 0.2) is 30.3 Å². The fourth-order valence-electron chi connectivity index (χ4n) is 2.84. The van der Waals surface area contributed by atoms with Gasteiger partial charge < -0.3 is 5.32 Å². The third-order valence-electron chi connectivity index (χ3n) is 3.73. The monoisotopic (exact) mass is 228 g/mol. The van der Waals surface area contributed by atoms with Gasteiger partial charge in [0.05, 0.1) is 6.07 Å². The van der Waals surface area contributed by atoms with Crippen molar-refractivity contribution in [1.29, 1.82) is 5.26 Å². The van der Waals surface area contributed by atoms with Crippen molar-refractivity contribution in [2.75, 3.05) is 6.54 Å². The van der Waals surface area contributed by atoms with Crippen molar-refractivity contribution in [1.82, 2.24) is 5.32 Å². The number of nitrogens with zero attached hydrogens (tertiary/aromatic N) is 1. The van der Waals surface area contributed by atoms with Gasteiger partial charge in [-0.25, -0.2) is 0 Å². The maximum absolute atomic E-state index is 8.66. The van der Waals surface area contributed by atoms with Gasteiger partial charge in [0.15, 0.2) is 0 Å². The van der Waals surface area contributed by atoms with Crippen LogP contribution in [0.25, 0.3) is 0 Å². The van der Waals surface area contributed by atoms with Gasteiger partial charge in [-0.2, -0.15) is 5.26 Å². The molecule has 0 aromatic heterocycles. The van der Waals surface area contributed by atoms with E-state index < -0.39 is 0 Å². The van der Waals surface area contributed by atoms with Crippen LogP contribution in [0.2, 0.25) is 0 Å². The van der Waals surface area contributed by atoms with Gasteiger partial charge in [0.1, 0.15) is 0 Å². The van der Waals surface area contributed by atoms with E-state index in [4.69, 9.17) is 5.26 Å². The quantitative estimate of drug-likeness (QED) is 0.802. The topological polar surface area (TPSA) is 35.8 Å². The molecule has 1 aliphatic carbocycles. The number of benzene rings is 1. The van der Waals surface area contributed by atoms with Gasteiger partial charge in [-0.15, -0.1) is 0 Å². The lowest BCUT2D eigenvalue weighted by Gasteiger charge is -2.39. The minimum absolute atomic E-state index is 0.121. The molecule has 0 unspecified atom stereocenters. The molecule has 0 saturated heterocycles. The van der Waals surface area contributed by atoms with Gasteiger partial charge in [-0.1, -0.05) is 49.6 Å². The molecule has 1 N–H and O–H groups in total. The molecule has 0 heterocycles. The first-order valence-corrected chi connectivity index (χ1v) is 6.55. The molecular weight excluding hydrogens is 208 g/mol. The van der Waals surface area contributed by atoms with Gasteiger partial charge in [0.2, 0.25) is 0 Å². The molecule has 1 aromatic carbocycles. The highest BCUT2D eigenvalue weighted by Crippen LogP contribution is 2.36. The summed E-state index contributed by atoms with van der Waals surface area (Å²) in [5, 5.41) is 12.3. The van der Waals surface area contributed by atoms with E-state index in [1.165, 1.54) is 37.7 Å². The van der Waals surface area contributed by atoms with Crippen LogP contribution in [0, 0.1) is 11.3 Å². The maximum Gasteiger partial charge on any atom is 0.0635 e. The summed E-state index contributed by atoms with van der Waals surface area (Å²) in [4.78, 5) is 0. The third-order valence-corrected chi connectivity index (χ3v) is 3.73. The second-order valence-electron chi connectivity index (χ2n) is 4.84. The summed E-state index contributed by atoms with van der Waals surface area (Å²) in [6.45, 7) is 0.797. The van der Waals surface area contributed by atoms with Gasteiger partial charge in [0.25, 0.3) is 0 Å². The molecule has 0 bridgehead atoms. The highest BCUT2D eigenvalue weighted by atomic mass is 15.0. The van der Waals surface area contributed by atoms with Gasteiger partial charge >= 0.3 is 0 Å². The van der Waals surface area contributed by atoms with E-state index in [0.29, 0.717) is 6.42 Å². The number of hydrogen-bond acceptors (Lipinski definition) is 2. The smallest absolute Gasteiger partial charge is 0.0635 e. The van der Waals surface area contributed by atoms with Gasteiger partial charge in [-0.3, -0.25) is 0 Å². The second-order valence-corrected chi connectivity index (χ2v) is 4.84. The van der Waals surface area contributed by atoms with Crippen molar-refractivity contribution in [2.24, 2.45) is 0 Å². The lowest BCUT2D eigenvalue weighted by atomic mass is 9.76.